The molecule has 1 aromatic carbocycles. The molecule has 19 heavy (non-hydrogen) atoms. The van der Waals surface area contributed by atoms with Gasteiger partial charge in [0.05, 0.1) is 10.4 Å². The summed E-state index contributed by atoms with van der Waals surface area (Å²) in [5, 5.41) is 6.68. The van der Waals surface area contributed by atoms with Gasteiger partial charge in [-0.05, 0) is 25.0 Å². The number of hydrogen-bond donors (Lipinski definition) is 2. The Morgan fingerprint density at radius 3 is 2.21 bits per heavy atom. The Balaban J connectivity index is 2.39. The summed E-state index contributed by atoms with van der Waals surface area (Å²) in [6.07, 6.45) is 1.25. The predicted octanol–water partition coefficient (Wildman–Crippen LogP) is 1.94. The van der Waals surface area contributed by atoms with Crippen molar-refractivity contribution in [3.05, 3.63) is 35.9 Å². The Bertz CT molecular complexity index is 685. The average Bonchev–Trinajstić information content (AvgIpc) is 2.74. The Labute approximate surface area is 112 Å². The van der Waals surface area contributed by atoms with E-state index in [1.54, 1.807) is 19.9 Å². The molecule has 0 aliphatic rings. The van der Waals surface area contributed by atoms with Crippen LogP contribution in [0, 0.1) is 0 Å². The van der Waals surface area contributed by atoms with Crippen molar-refractivity contribution in [1.82, 2.24) is 10.2 Å². The normalized spacial score (nSPS) is 12.6. The van der Waals surface area contributed by atoms with Crippen molar-refractivity contribution in [3.8, 4) is 11.3 Å². The van der Waals surface area contributed by atoms with Crippen LogP contribution in [0.3, 0.4) is 0 Å². The van der Waals surface area contributed by atoms with E-state index < -0.39 is 14.6 Å². The third kappa shape index (κ3) is 2.49. The van der Waals surface area contributed by atoms with Crippen LogP contribution in [0.1, 0.15) is 19.4 Å². The second-order valence-corrected chi connectivity index (χ2v) is 7.63. The molecule has 0 unspecified atom stereocenters. The number of rotatable bonds is 3. The van der Waals surface area contributed by atoms with Gasteiger partial charge >= 0.3 is 0 Å². The van der Waals surface area contributed by atoms with Gasteiger partial charge in [0.2, 0.25) is 0 Å². The van der Waals surface area contributed by atoms with Crippen molar-refractivity contribution in [3.63, 3.8) is 0 Å². The first-order chi connectivity index (χ1) is 8.72. The molecule has 2 rings (SSSR count). The molecule has 0 atom stereocenters. The van der Waals surface area contributed by atoms with Crippen LogP contribution in [0.4, 0.5) is 5.82 Å². The van der Waals surface area contributed by atoms with Crippen LogP contribution in [-0.2, 0) is 14.6 Å². The van der Waals surface area contributed by atoms with E-state index >= 15 is 0 Å². The van der Waals surface area contributed by atoms with E-state index in [1.807, 2.05) is 24.3 Å². The molecule has 2 aromatic rings. The molecule has 0 amide bonds. The molecule has 0 saturated heterocycles. The largest absolute Gasteiger partial charge is 0.382 e. The highest BCUT2D eigenvalue weighted by molar-refractivity contribution is 7.91. The summed E-state index contributed by atoms with van der Waals surface area (Å²) < 4.78 is 22.7. The van der Waals surface area contributed by atoms with E-state index in [0.29, 0.717) is 5.82 Å². The first kappa shape index (κ1) is 13.6. The minimum absolute atomic E-state index is 0.426. The van der Waals surface area contributed by atoms with Gasteiger partial charge < -0.3 is 5.73 Å². The fraction of sp³-hybridized carbons (Fsp3) is 0.308. The lowest BCUT2D eigenvalue weighted by Gasteiger charge is -2.23. The highest BCUT2D eigenvalue weighted by atomic mass is 32.2. The van der Waals surface area contributed by atoms with Crippen molar-refractivity contribution < 1.29 is 8.42 Å². The molecule has 5 nitrogen and oxygen atoms in total. The van der Waals surface area contributed by atoms with Crippen molar-refractivity contribution in [2.45, 2.75) is 18.6 Å². The monoisotopic (exact) mass is 279 g/mol. The van der Waals surface area contributed by atoms with Crippen molar-refractivity contribution in [2.24, 2.45) is 0 Å². The van der Waals surface area contributed by atoms with Crippen LogP contribution < -0.4 is 5.73 Å². The molecule has 0 bridgehead atoms. The molecule has 0 aliphatic carbocycles. The zero-order valence-corrected chi connectivity index (χ0v) is 12.0. The standard InChI is InChI=1S/C13H17N3O2S/c1-13(2,19(3,17)18)10-6-4-9(5-7-10)11-8-12(14)16-15-11/h4-8H,1-3H3,(H3,14,15,16). The molecule has 1 heterocycles. The summed E-state index contributed by atoms with van der Waals surface area (Å²) in [6, 6.07) is 9.07. The van der Waals surface area contributed by atoms with Crippen LogP contribution >= 0.6 is 0 Å². The predicted molar refractivity (Wildman–Crippen MR) is 76.3 cm³/mol. The number of hydrogen-bond acceptors (Lipinski definition) is 4. The summed E-state index contributed by atoms with van der Waals surface area (Å²) in [5.41, 5.74) is 8.03. The average molecular weight is 279 g/mol. The third-order valence-electron chi connectivity index (χ3n) is 3.42. The van der Waals surface area contributed by atoms with Crippen molar-refractivity contribution in [1.29, 1.82) is 0 Å². The molecule has 0 spiro atoms. The van der Waals surface area contributed by atoms with E-state index in [-0.39, 0.29) is 0 Å². The maximum atomic E-state index is 11.8. The van der Waals surface area contributed by atoms with Crippen LogP contribution in [0.2, 0.25) is 0 Å². The SMILES string of the molecule is CC(C)(c1ccc(-c2cc(N)n[nH]2)cc1)S(C)(=O)=O. The third-order valence-corrected chi connectivity index (χ3v) is 5.51. The second kappa shape index (κ2) is 4.38. The minimum atomic E-state index is -3.17. The molecular formula is C13H17N3O2S. The fourth-order valence-corrected chi connectivity index (χ4v) is 2.31. The maximum Gasteiger partial charge on any atom is 0.156 e. The van der Waals surface area contributed by atoms with Gasteiger partial charge in [0.1, 0.15) is 5.82 Å². The number of sulfone groups is 1. The quantitative estimate of drug-likeness (QED) is 0.898. The van der Waals surface area contributed by atoms with Gasteiger partial charge in [-0.25, -0.2) is 8.42 Å². The Morgan fingerprint density at radius 1 is 1.21 bits per heavy atom. The minimum Gasteiger partial charge on any atom is -0.382 e. The van der Waals surface area contributed by atoms with Crippen molar-refractivity contribution >= 4 is 15.7 Å². The summed E-state index contributed by atoms with van der Waals surface area (Å²) in [6.45, 7) is 3.40. The van der Waals surface area contributed by atoms with Gasteiger partial charge in [0.15, 0.2) is 9.84 Å². The van der Waals surface area contributed by atoms with Gasteiger partial charge in [0, 0.05) is 12.3 Å². The highest BCUT2D eigenvalue weighted by Gasteiger charge is 2.31. The molecule has 1 aromatic heterocycles. The van der Waals surface area contributed by atoms with E-state index in [4.69, 9.17) is 5.73 Å². The molecule has 0 saturated carbocycles. The topological polar surface area (TPSA) is 88.8 Å². The number of nitrogens with zero attached hydrogens (tertiary/aromatic N) is 1. The number of aromatic nitrogens is 2. The highest BCUT2D eigenvalue weighted by Crippen LogP contribution is 2.30. The number of nitrogens with one attached hydrogen (secondary N) is 1. The van der Waals surface area contributed by atoms with Gasteiger partial charge in [-0.15, -0.1) is 0 Å². The molecule has 0 radical (unpaired) electrons. The van der Waals surface area contributed by atoms with E-state index in [9.17, 15) is 8.42 Å². The van der Waals surface area contributed by atoms with Gasteiger partial charge in [-0.3, -0.25) is 5.10 Å². The lowest BCUT2D eigenvalue weighted by Crippen LogP contribution is -2.27. The smallest absolute Gasteiger partial charge is 0.156 e. The number of nitrogen functional groups attached to an aromatic ring is 1. The Morgan fingerprint density at radius 2 is 1.79 bits per heavy atom. The number of H-pyrrole nitrogens is 1. The van der Waals surface area contributed by atoms with Crippen LogP contribution in [-0.4, -0.2) is 24.9 Å². The van der Waals surface area contributed by atoms with E-state index in [2.05, 4.69) is 10.2 Å². The summed E-state index contributed by atoms with van der Waals surface area (Å²) in [4.78, 5) is 0. The molecule has 6 heteroatoms. The Hall–Kier alpha value is -1.82. The summed E-state index contributed by atoms with van der Waals surface area (Å²) in [7, 11) is -3.17. The van der Waals surface area contributed by atoms with Gasteiger partial charge in [0.25, 0.3) is 0 Å². The van der Waals surface area contributed by atoms with E-state index in [1.165, 1.54) is 6.26 Å². The van der Waals surface area contributed by atoms with E-state index in [0.717, 1.165) is 16.8 Å². The first-order valence-corrected chi connectivity index (χ1v) is 7.72. The first-order valence-electron chi connectivity index (χ1n) is 5.83. The molecular weight excluding hydrogens is 262 g/mol. The maximum absolute atomic E-state index is 11.8. The number of benzene rings is 1. The molecule has 102 valence electrons. The summed E-state index contributed by atoms with van der Waals surface area (Å²) in [5.74, 6) is 0.426. The fourth-order valence-electron chi connectivity index (χ4n) is 1.75. The number of aromatic amines is 1. The van der Waals surface area contributed by atoms with Crippen LogP contribution in [0.15, 0.2) is 30.3 Å². The van der Waals surface area contributed by atoms with Crippen LogP contribution in [0.5, 0.6) is 0 Å². The number of anilines is 1. The zero-order chi connectivity index (χ0) is 14.3. The molecule has 0 aliphatic heterocycles. The second-order valence-electron chi connectivity index (χ2n) is 5.07. The van der Waals surface area contributed by atoms with Gasteiger partial charge in [-0.2, -0.15) is 5.10 Å². The molecule has 3 N–H and O–H groups in total. The number of nitrogens with two attached hydrogens (primary N) is 1. The zero-order valence-electron chi connectivity index (χ0n) is 11.1. The lowest BCUT2D eigenvalue weighted by atomic mass is 10.00. The molecule has 0 fully saturated rings. The summed E-state index contributed by atoms with van der Waals surface area (Å²) >= 11 is 0. The lowest BCUT2D eigenvalue weighted by molar-refractivity contribution is 0.561. The van der Waals surface area contributed by atoms with Crippen LogP contribution in [0.25, 0.3) is 11.3 Å². The Kier molecular flexibility index (Phi) is 3.14. The van der Waals surface area contributed by atoms with Gasteiger partial charge in [-0.1, -0.05) is 24.3 Å². The van der Waals surface area contributed by atoms with Crippen molar-refractivity contribution in [2.75, 3.05) is 12.0 Å².